The van der Waals surface area contributed by atoms with Crippen molar-refractivity contribution in [2.24, 2.45) is 0 Å². The Morgan fingerprint density at radius 2 is 1.04 bits per heavy atom. The predicted molar refractivity (Wildman–Crippen MR) is 96.5 cm³/mol. The minimum Gasteiger partial charge on any atom is -0.508 e. The van der Waals surface area contributed by atoms with E-state index < -0.39 is 0 Å². The van der Waals surface area contributed by atoms with Crippen molar-refractivity contribution in [3.63, 3.8) is 0 Å². The molecule has 0 radical (unpaired) electrons. The molecule has 128 valence electrons. The summed E-state index contributed by atoms with van der Waals surface area (Å²) in [6, 6.07) is 16.0. The molecule has 4 nitrogen and oxygen atoms in total. The maximum atomic E-state index is 9.41. The van der Waals surface area contributed by atoms with E-state index in [1.807, 2.05) is 24.3 Å². The summed E-state index contributed by atoms with van der Waals surface area (Å²) in [6.07, 6.45) is 1.99. The van der Waals surface area contributed by atoms with Crippen LogP contribution in [0.2, 0.25) is 0 Å². The van der Waals surface area contributed by atoms with Crippen molar-refractivity contribution >= 4 is 0 Å². The smallest absolute Gasteiger partial charge is 0.115 e. The largest absolute Gasteiger partial charge is 0.508 e. The van der Waals surface area contributed by atoms with Crippen molar-refractivity contribution in [2.45, 2.75) is 24.9 Å². The Kier molecular flexibility index (Phi) is 5.07. The number of nitrogens with zero attached hydrogens (tertiary/aromatic N) is 2. The Labute approximate surface area is 144 Å². The number of hydrogen-bond donors (Lipinski definition) is 2. The van der Waals surface area contributed by atoms with Crippen LogP contribution in [0.3, 0.4) is 0 Å². The van der Waals surface area contributed by atoms with Gasteiger partial charge in [-0.15, -0.1) is 0 Å². The van der Waals surface area contributed by atoms with Gasteiger partial charge in [-0.2, -0.15) is 0 Å². The molecule has 24 heavy (non-hydrogen) atoms. The van der Waals surface area contributed by atoms with Crippen molar-refractivity contribution < 1.29 is 10.2 Å². The lowest BCUT2D eigenvalue weighted by Gasteiger charge is -2.43. The lowest BCUT2D eigenvalue weighted by atomic mass is 9.97. The third-order valence-corrected chi connectivity index (χ3v) is 5.06. The van der Waals surface area contributed by atoms with E-state index in [1.165, 1.54) is 11.1 Å². The number of rotatable bonds is 4. The Morgan fingerprint density at radius 1 is 0.708 bits per heavy atom. The van der Waals surface area contributed by atoms with Crippen LogP contribution in [0.5, 0.6) is 11.5 Å². The molecule has 1 aliphatic heterocycles. The SMILES string of the molecule is CN1C[C@H](Cc2ccc(O)cc2)N(C)C[C@@H]1Cc1ccc(O)cc1. The molecule has 2 aromatic rings. The third kappa shape index (κ3) is 4.08. The first-order chi connectivity index (χ1) is 11.5. The van der Waals surface area contributed by atoms with Crippen LogP contribution in [-0.4, -0.2) is 59.3 Å². The Balaban J connectivity index is 1.61. The van der Waals surface area contributed by atoms with E-state index >= 15 is 0 Å². The maximum absolute atomic E-state index is 9.41. The van der Waals surface area contributed by atoms with E-state index in [0.717, 1.165) is 25.9 Å². The molecule has 0 spiro atoms. The number of aromatic hydroxyl groups is 2. The van der Waals surface area contributed by atoms with E-state index in [4.69, 9.17) is 0 Å². The van der Waals surface area contributed by atoms with Crippen molar-refractivity contribution in [1.82, 2.24) is 9.80 Å². The van der Waals surface area contributed by atoms with Gasteiger partial charge in [0.25, 0.3) is 0 Å². The molecule has 1 saturated heterocycles. The molecule has 2 N–H and O–H groups in total. The van der Waals surface area contributed by atoms with Crippen LogP contribution >= 0.6 is 0 Å². The highest BCUT2D eigenvalue weighted by molar-refractivity contribution is 5.27. The van der Waals surface area contributed by atoms with Gasteiger partial charge in [-0.1, -0.05) is 24.3 Å². The van der Waals surface area contributed by atoms with E-state index in [0.29, 0.717) is 23.6 Å². The average molecular weight is 326 g/mol. The van der Waals surface area contributed by atoms with Gasteiger partial charge in [0.1, 0.15) is 11.5 Å². The van der Waals surface area contributed by atoms with E-state index in [-0.39, 0.29) is 0 Å². The summed E-state index contributed by atoms with van der Waals surface area (Å²) in [5.41, 5.74) is 2.52. The second-order valence-corrected chi connectivity index (χ2v) is 6.93. The molecule has 2 atom stereocenters. The van der Waals surface area contributed by atoms with Crippen LogP contribution in [0.15, 0.2) is 48.5 Å². The fraction of sp³-hybridized carbons (Fsp3) is 0.400. The Morgan fingerprint density at radius 3 is 1.38 bits per heavy atom. The summed E-state index contributed by atoms with van der Waals surface area (Å²) in [6.45, 7) is 2.06. The minimum atomic E-state index is 0.321. The quantitative estimate of drug-likeness (QED) is 0.906. The van der Waals surface area contributed by atoms with Gasteiger partial charge in [-0.3, -0.25) is 0 Å². The van der Waals surface area contributed by atoms with Gasteiger partial charge in [0.05, 0.1) is 0 Å². The average Bonchev–Trinajstić information content (AvgIpc) is 2.56. The first-order valence-corrected chi connectivity index (χ1v) is 8.47. The topological polar surface area (TPSA) is 46.9 Å². The van der Waals surface area contributed by atoms with Gasteiger partial charge in [0.15, 0.2) is 0 Å². The molecule has 0 saturated carbocycles. The second kappa shape index (κ2) is 7.24. The molecule has 1 aliphatic rings. The number of phenols is 2. The van der Waals surface area contributed by atoms with Gasteiger partial charge >= 0.3 is 0 Å². The van der Waals surface area contributed by atoms with Crippen LogP contribution < -0.4 is 0 Å². The molecule has 0 aromatic heterocycles. The molecule has 1 heterocycles. The van der Waals surface area contributed by atoms with Crippen LogP contribution in [0, 0.1) is 0 Å². The number of benzene rings is 2. The van der Waals surface area contributed by atoms with Gasteiger partial charge in [0.2, 0.25) is 0 Å². The highest BCUT2D eigenvalue weighted by Gasteiger charge is 2.29. The summed E-state index contributed by atoms with van der Waals surface area (Å²) < 4.78 is 0. The maximum Gasteiger partial charge on any atom is 0.115 e. The molecule has 1 fully saturated rings. The minimum absolute atomic E-state index is 0.321. The van der Waals surface area contributed by atoms with Crippen molar-refractivity contribution in [2.75, 3.05) is 27.2 Å². The van der Waals surface area contributed by atoms with Crippen LogP contribution in [0.25, 0.3) is 0 Å². The summed E-state index contributed by atoms with van der Waals surface area (Å²) >= 11 is 0. The first kappa shape index (κ1) is 16.8. The Bertz CT molecular complexity index is 595. The van der Waals surface area contributed by atoms with E-state index in [2.05, 4.69) is 23.9 Å². The standard InChI is InChI=1S/C20H26N2O2/c1-21-13-18(12-16-5-9-20(24)10-6-16)22(2)14-17(21)11-15-3-7-19(23)8-4-15/h3-10,17-18,23-24H,11-14H2,1-2H3/t17-,18-/m0/s1. The van der Waals surface area contributed by atoms with Crippen LogP contribution in [0.1, 0.15) is 11.1 Å². The van der Waals surface area contributed by atoms with E-state index in [9.17, 15) is 10.2 Å². The number of likely N-dealkylation sites (N-methyl/N-ethyl adjacent to an activating group) is 2. The van der Waals surface area contributed by atoms with Gasteiger partial charge in [-0.05, 0) is 62.3 Å². The van der Waals surface area contributed by atoms with Crippen molar-refractivity contribution in [3.05, 3.63) is 59.7 Å². The summed E-state index contributed by atoms with van der Waals surface area (Å²) in [5, 5.41) is 18.8. The Hall–Kier alpha value is -2.04. The van der Waals surface area contributed by atoms with Crippen molar-refractivity contribution in [1.29, 1.82) is 0 Å². The van der Waals surface area contributed by atoms with Gasteiger partial charge < -0.3 is 20.0 Å². The molecule has 0 unspecified atom stereocenters. The highest BCUT2D eigenvalue weighted by Crippen LogP contribution is 2.21. The van der Waals surface area contributed by atoms with Gasteiger partial charge in [0, 0.05) is 25.2 Å². The van der Waals surface area contributed by atoms with E-state index in [1.54, 1.807) is 24.3 Å². The number of phenolic OH excluding ortho intramolecular Hbond substituents is 2. The summed E-state index contributed by atoms with van der Waals surface area (Å²) in [4.78, 5) is 4.88. The fourth-order valence-corrected chi connectivity index (χ4v) is 3.49. The van der Waals surface area contributed by atoms with Gasteiger partial charge in [-0.25, -0.2) is 0 Å². The molecule has 2 aromatic carbocycles. The zero-order valence-corrected chi connectivity index (χ0v) is 14.4. The molecular weight excluding hydrogens is 300 g/mol. The molecule has 0 amide bonds. The normalized spacial score (nSPS) is 22.6. The predicted octanol–water partition coefficient (Wildman–Crippen LogP) is 2.50. The second-order valence-electron chi connectivity index (χ2n) is 6.93. The summed E-state index contributed by atoms with van der Waals surface area (Å²) in [7, 11) is 4.39. The number of piperazine rings is 1. The zero-order valence-electron chi connectivity index (χ0n) is 14.4. The zero-order chi connectivity index (χ0) is 17.1. The highest BCUT2D eigenvalue weighted by atomic mass is 16.3. The molecule has 0 bridgehead atoms. The lowest BCUT2D eigenvalue weighted by Crippen LogP contribution is -2.56. The monoisotopic (exact) mass is 326 g/mol. The third-order valence-electron chi connectivity index (χ3n) is 5.06. The fourth-order valence-electron chi connectivity index (χ4n) is 3.49. The van der Waals surface area contributed by atoms with Crippen molar-refractivity contribution in [3.8, 4) is 11.5 Å². The van der Waals surface area contributed by atoms with Crippen LogP contribution in [0.4, 0.5) is 0 Å². The molecular formula is C20H26N2O2. The molecule has 4 heteroatoms. The lowest BCUT2D eigenvalue weighted by molar-refractivity contribution is 0.0633. The van der Waals surface area contributed by atoms with Crippen LogP contribution in [-0.2, 0) is 12.8 Å². The molecule has 0 aliphatic carbocycles. The first-order valence-electron chi connectivity index (χ1n) is 8.47. The molecule has 3 rings (SSSR count). The summed E-state index contributed by atoms with van der Waals surface area (Å²) in [5.74, 6) is 0.642. The number of hydrogen-bond acceptors (Lipinski definition) is 4.